The zero-order valence-electron chi connectivity index (χ0n) is 17.2. The van der Waals surface area contributed by atoms with Crippen LogP contribution in [0.1, 0.15) is 47.7 Å². The molecule has 0 saturated heterocycles. The number of carbonyl (C=O) groups excluding carboxylic acids is 1. The van der Waals surface area contributed by atoms with Gasteiger partial charge in [0.05, 0.1) is 28.6 Å². The maximum absolute atomic E-state index is 12.8. The number of rotatable bonds is 9. The Kier molecular flexibility index (Phi) is 6.58. The summed E-state index contributed by atoms with van der Waals surface area (Å²) in [4.78, 5) is 12.8. The second-order valence-corrected chi connectivity index (χ2v) is 9.23. The topological polar surface area (TPSA) is 92.0 Å². The highest BCUT2D eigenvalue weighted by atomic mass is 32.2. The van der Waals surface area contributed by atoms with Gasteiger partial charge in [0.2, 0.25) is 10.0 Å². The summed E-state index contributed by atoms with van der Waals surface area (Å²) in [5, 5.41) is 9.68. The molecule has 1 aromatic heterocycles. The van der Waals surface area contributed by atoms with Crippen LogP contribution in [0.25, 0.3) is 10.9 Å². The third kappa shape index (κ3) is 5.08. The third-order valence-electron chi connectivity index (χ3n) is 5.05. The number of nitrogens with zero attached hydrogens (tertiary/aromatic N) is 2. The number of fused-ring (bicyclic) bond motifs is 1. The molecule has 0 unspecified atom stereocenters. The van der Waals surface area contributed by atoms with Crippen LogP contribution >= 0.6 is 0 Å². The van der Waals surface area contributed by atoms with E-state index in [1.165, 1.54) is 0 Å². The molecule has 0 saturated carbocycles. The Labute approximate surface area is 177 Å². The van der Waals surface area contributed by atoms with E-state index >= 15 is 0 Å². The van der Waals surface area contributed by atoms with Crippen LogP contribution in [0.4, 0.5) is 5.69 Å². The van der Waals surface area contributed by atoms with E-state index in [4.69, 9.17) is 5.26 Å². The first kappa shape index (κ1) is 21.6. The SMILES string of the molecule is CCCCS(=O)(=O)Nc1ccc2c(C(=O)CCc3ccc(C#N)cc3)cn(C)c2c1. The van der Waals surface area contributed by atoms with Crippen LogP contribution in [0, 0.1) is 11.3 Å². The number of hydrogen-bond donors (Lipinski definition) is 1. The number of nitrogens with one attached hydrogen (secondary N) is 1. The van der Waals surface area contributed by atoms with E-state index in [-0.39, 0.29) is 11.5 Å². The van der Waals surface area contributed by atoms with Crippen LogP contribution < -0.4 is 4.72 Å². The van der Waals surface area contributed by atoms with Crippen molar-refractivity contribution in [2.75, 3.05) is 10.5 Å². The van der Waals surface area contributed by atoms with Crippen molar-refractivity contribution in [1.82, 2.24) is 4.57 Å². The van der Waals surface area contributed by atoms with E-state index in [1.54, 1.807) is 36.5 Å². The van der Waals surface area contributed by atoms with Gasteiger partial charge in [0.1, 0.15) is 0 Å². The van der Waals surface area contributed by atoms with Gasteiger partial charge >= 0.3 is 0 Å². The van der Waals surface area contributed by atoms with Crippen molar-refractivity contribution in [3.05, 3.63) is 65.4 Å². The van der Waals surface area contributed by atoms with E-state index in [0.29, 0.717) is 36.1 Å². The number of benzene rings is 2. The summed E-state index contributed by atoms with van der Waals surface area (Å²) in [6.45, 7) is 1.95. The van der Waals surface area contributed by atoms with Gasteiger partial charge < -0.3 is 4.57 Å². The van der Waals surface area contributed by atoms with Crippen LogP contribution in [-0.2, 0) is 23.5 Å². The molecule has 156 valence electrons. The average molecular weight is 424 g/mol. The van der Waals surface area contributed by atoms with Crippen molar-refractivity contribution in [3.8, 4) is 6.07 Å². The Morgan fingerprint density at radius 3 is 2.57 bits per heavy atom. The second-order valence-electron chi connectivity index (χ2n) is 7.39. The molecule has 0 amide bonds. The molecule has 1 heterocycles. The molecule has 3 rings (SSSR count). The van der Waals surface area contributed by atoms with Crippen LogP contribution in [0.3, 0.4) is 0 Å². The second kappa shape index (κ2) is 9.14. The van der Waals surface area contributed by atoms with Gasteiger partial charge in [-0.25, -0.2) is 8.42 Å². The van der Waals surface area contributed by atoms with Gasteiger partial charge in [-0.3, -0.25) is 9.52 Å². The maximum Gasteiger partial charge on any atom is 0.232 e. The molecule has 0 spiro atoms. The zero-order chi connectivity index (χ0) is 21.7. The molecule has 30 heavy (non-hydrogen) atoms. The highest BCUT2D eigenvalue weighted by molar-refractivity contribution is 7.92. The number of sulfonamides is 1. The molecule has 0 aliphatic heterocycles. The number of aromatic nitrogens is 1. The Bertz CT molecular complexity index is 1200. The molecule has 3 aromatic rings. The number of Topliss-reactive ketones (excluding diaryl/α,β-unsaturated/α-hetero) is 1. The summed E-state index contributed by atoms with van der Waals surface area (Å²) in [5.41, 5.74) is 3.52. The smallest absolute Gasteiger partial charge is 0.232 e. The number of ketones is 1. The Morgan fingerprint density at radius 1 is 1.17 bits per heavy atom. The van der Waals surface area contributed by atoms with Crippen LogP contribution in [0.2, 0.25) is 0 Å². The summed E-state index contributed by atoms with van der Waals surface area (Å²) in [5.74, 6) is 0.120. The van der Waals surface area contributed by atoms with Crippen LogP contribution in [0.15, 0.2) is 48.7 Å². The number of unbranched alkanes of at least 4 members (excludes halogenated alkanes) is 1. The number of hydrogen-bond acceptors (Lipinski definition) is 4. The van der Waals surface area contributed by atoms with Crippen molar-refractivity contribution in [2.45, 2.75) is 32.6 Å². The zero-order valence-corrected chi connectivity index (χ0v) is 18.0. The molecule has 6 nitrogen and oxygen atoms in total. The maximum atomic E-state index is 12.8. The van der Waals surface area contributed by atoms with Gasteiger partial charge in [0, 0.05) is 30.6 Å². The van der Waals surface area contributed by atoms with Crippen molar-refractivity contribution in [3.63, 3.8) is 0 Å². The molecular weight excluding hydrogens is 398 g/mol. The van der Waals surface area contributed by atoms with Crippen molar-refractivity contribution >= 4 is 32.4 Å². The standard InChI is InChI=1S/C23H25N3O3S/c1-3-4-13-30(28,29)25-19-10-11-20-21(16-26(2)22(20)14-19)23(27)12-9-17-5-7-18(15-24)8-6-17/h5-8,10-11,14,16,25H,3-4,9,12-13H2,1-2H3. The van der Waals surface area contributed by atoms with E-state index < -0.39 is 10.0 Å². The Balaban J connectivity index is 1.76. The number of nitriles is 1. The molecule has 1 N–H and O–H groups in total. The monoisotopic (exact) mass is 423 g/mol. The highest BCUT2D eigenvalue weighted by Crippen LogP contribution is 2.26. The lowest BCUT2D eigenvalue weighted by Crippen LogP contribution is -2.16. The van der Waals surface area contributed by atoms with Crippen LogP contribution in [0.5, 0.6) is 0 Å². The van der Waals surface area contributed by atoms with Gasteiger partial charge in [-0.2, -0.15) is 5.26 Å². The van der Waals surface area contributed by atoms with Gasteiger partial charge in [-0.15, -0.1) is 0 Å². The summed E-state index contributed by atoms with van der Waals surface area (Å²) in [6.07, 6.45) is 4.17. The fourth-order valence-corrected chi connectivity index (χ4v) is 4.63. The minimum atomic E-state index is -3.38. The largest absolute Gasteiger partial charge is 0.350 e. The summed E-state index contributed by atoms with van der Waals surface area (Å²) in [6, 6.07) is 14.6. The molecule has 0 atom stereocenters. The predicted molar refractivity (Wildman–Crippen MR) is 119 cm³/mol. The number of aryl methyl sites for hydroxylation is 2. The first-order valence-corrected chi connectivity index (χ1v) is 11.6. The van der Waals surface area contributed by atoms with Crippen LogP contribution in [-0.4, -0.2) is 24.5 Å². The minimum Gasteiger partial charge on any atom is -0.350 e. The first-order valence-electron chi connectivity index (χ1n) is 9.95. The molecule has 0 radical (unpaired) electrons. The fraction of sp³-hybridized carbons (Fsp3) is 0.304. The number of anilines is 1. The molecule has 2 aromatic carbocycles. The molecule has 0 bridgehead atoms. The normalized spacial score (nSPS) is 11.4. The molecule has 7 heteroatoms. The summed E-state index contributed by atoms with van der Waals surface area (Å²) < 4.78 is 28.8. The van der Waals surface area contributed by atoms with E-state index in [2.05, 4.69) is 10.8 Å². The quantitative estimate of drug-likeness (QED) is 0.516. The number of carbonyl (C=O) groups is 1. The lowest BCUT2D eigenvalue weighted by atomic mass is 10.0. The average Bonchev–Trinajstić information content (AvgIpc) is 3.06. The predicted octanol–water partition coefficient (Wildman–Crippen LogP) is 4.41. The highest BCUT2D eigenvalue weighted by Gasteiger charge is 2.16. The molecule has 0 aliphatic rings. The summed E-state index contributed by atoms with van der Waals surface area (Å²) >= 11 is 0. The first-order chi connectivity index (χ1) is 14.3. The molecular formula is C23H25N3O3S. The van der Waals surface area contributed by atoms with Gasteiger partial charge in [0.15, 0.2) is 5.78 Å². The van der Waals surface area contributed by atoms with Crippen molar-refractivity contribution in [2.24, 2.45) is 7.05 Å². The van der Waals surface area contributed by atoms with Crippen molar-refractivity contribution in [1.29, 1.82) is 5.26 Å². The van der Waals surface area contributed by atoms with Gasteiger partial charge in [-0.05, 0) is 42.7 Å². The van der Waals surface area contributed by atoms with Crippen molar-refractivity contribution < 1.29 is 13.2 Å². The lowest BCUT2D eigenvalue weighted by molar-refractivity contribution is 0.0984. The Hall–Kier alpha value is -3.11. The van der Waals surface area contributed by atoms with Gasteiger partial charge in [-0.1, -0.05) is 31.5 Å². The Morgan fingerprint density at radius 2 is 1.90 bits per heavy atom. The van der Waals surface area contributed by atoms with E-state index in [1.807, 2.05) is 30.7 Å². The fourth-order valence-electron chi connectivity index (χ4n) is 3.37. The van der Waals surface area contributed by atoms with E-state index in [9.17, 15) is 13.2 Å². The van der Waals surface area contributed by atoms with E-state index in [0.717, 1.165) is 22.9 Å². The summed E-state index contributed by atoms with van der Waals surface area (Å²) in [7, 11) is -1.54. The molecule has 0 aliphatic carbocycles. The van der Waals surface area contributed by atoms with Gasteiger partial charge in [0.25, 0.3) is 0 Å². The lowest BCUT2D eigenvalue weighted by Gasteiger charge is -2.08. The molecule has 0 fully saturated rings. The minimum absolute atomic E-state index is 0.0289. The third-order valence-corrected chi connectivity index (χ3v) is 6.43.